The van der Waals surface area contributed by atoms with E-state index in [4.69, 9.17) is 5.73 Å². The molecule has 0 heterocycles. The molecule has 0 atom stereocenters. The third-order valence-electron chi connectivity index (χ3n) is 3.11. The van der Waals surface area contributed by atoms with Crippen LogP contribution < -0.4 is 10.5 Å². The van der Waals surface area contributed by atoms with Gasteiger partial charge in [-0.2, -0.15) is 0 Å². The normalized spacial score (nSPS) is 15.9. The minimum Gasteiger partial charge on any atom is -0.326 e. The summed E-state index contributed by atoms with van der Waals surface area (Å²) in [7, 11) is -3.66. The lowest BCUT2D eigenvalue weighted by atomic mass is 10.2. The summed E-state index contributed by atoms with van der Waals surface area (Å²) in [6.45, 7) is 0.263. The number of nitrogens with two attached hydrogens (primary N) is 1. The van der Waals surface area contributed by atoms with Crippen molar-refractivity contribution >= 4 is 10.0 Å². The van der Waals surface area contributed by atoms with E-state index in [2.05, 4.69) is 4.72 Å². The van der Waals surface area contributed by atoms with E-state index in [1.54, 1.807) is 0 Å². The highest BCUT2D eigenvalue weighted by molar-refractivity contribution is 7.89. The van der Waals surface area contributed by atoms with E-state index in [1.165, 1.54) is 31.0 Å². The van der Waals surface area contributed by atoms with Crippen LogP contribution in [0.2, 0.25) is 0 Å². The van der Waals surface area contributed by atoms with Gasteiger partial charge in [0.05, 0.1) is 4.90 Å². The monoisotopic (exact) mass is 272 g/mol. The fraction of sp³-hybridized carbons (Fsp3) is 0.500. The first-order valence-electron chi connectivity index (χ1n) is 6.01. The standard InChI is InChI=1S/C12H17FN2O2S/c13-11-2-1-3-12(10(11)8-14)18(16,17)15-7-6-9-4-5-9/h1-3,9,15H,4-8,14H2. The molecule has 6 heteroatoms. The predicted octanol–water partition coefficient (Wildman–Crippen LogP) is 1.36. The summed E-state index contributed by atoms with van der Waals surface area (Å²) in [5, 5.41) is 0. The first-order valence-corrected chi connectivity index (χ1v) is 7.50. The minimum atomic E-state index is -3.66. The van der Waals surface area contributed by atoms with Crippen molar-refractivity contribution in [3.05, 3.63) is 29.6 Å². The molecule has 1 fully saturated rings. The molecule has 100 valence electrons. The molecule has 1 aliphatic rings. The van der Waals surface area contributed by atoms with E-state index >= 15 is 0 Å². The third-order valence-corrected chi connectivity index (χ3v) is 4.66. The maximum Gasteiger partial charge on any atom is 0.240 e. The topological polar surface area (TPSA) is 72.2 Å². The van der Waals surface area contributed by atoms with Gasteiger partial charge in [-0.1, -0.05) is 18.9 Å². The van der Waals surface area contributed by atoms with Crippen molar-refractivity contribution in [2.24, 2.45) is 11.7 Å². The number of nitrogens with one attached hydrogen (secondary N) is 1. The minimum absolute atomic E-state index is 0.0384. The number of hydrogen-bond acceptors (Lipinski definition) is 3. The highest BCUT2D eigenvalue weighted by Gasteiger charge is 2.23. The van der Waals surface area contributed by atoms with Gasteiger partial charge < -0.3 is 5.73 Å². The molecule has 1 aromatic carbocycles. The van der Waals surface area contributed by atoms with E-state index in [9.17, 15) is 12.8 Å². The van der Waals surface area contributed by atoms with Gasteiger partial charge in [-0.05, 0) is 24.5 Å². The van der Waals surface area contributed by atoms with Crippen LogP contribution in [0.4, 0.5) is 4.39 Å². The number of sulfonamides is 1. The molecule has 0 spiro atoms. The summed E-state index contributed by atoms with van der Waals surface area (Å²) in [4.78, 5) is -0.0548. The first kappa shape index (κ1) is 13.5. The highest BCUT2D eigenvalue weighted by atomic mass is 32.2. The average Bonchev–Trinajstić information content (AvgIpc) is 3.12. The van der Waals surface area contributed by atoms with Gasteiger partial charge in [-0.3, -0.25) is 0 Å². The summed E-state index contributed by atoms with van der Waals surface area (Å²) < 4.78 is 40.0. The van der Waals surface area contributed by atoms with Gasteiger partial charge in [0.2, 0.25) is 10.0 Å². The number of benzene rings is 1. The summed E-state index contributed by atoms with van der Waals surface area (Å²) in [5.74, 6) is 0.0664. The molecule has 0 aromatic heterocycles. The predicted molar refractivity (Wildman–Crippen MR) is 66.8 cm³/mol. The van der Waals surface area contributed by atoms with E-state index in [0.717, 1.165) is 6.42 Å². The number of halogens is 1. The molecule has 1 saturated carbocycles. The Kier molecular flexibility index (Phi) is 3.99. The Morgan fingerprint density at radius 3 is 2.72 bits per heavy atom. The van der Waals surface area contributed by atoms with E-state index in [1.807, 2.05) is 0 Å². The van der Waals surface area contributed by atoms with Gasteiger partial charge in [-0.25, -0.2) is 17.5 Å². The van der Waals surface area contributed by atoms with Crippen LogP contribution in [-0.2, 0) is 16.6 Å². The van der Waals surface area contributed by atoms with Crippen LogP contribution in [0.25, 0.3) is 0 Å². The molecule has 0 aliphatic heterocycles. The summed E-state index contributed by atoms with van der Waals surface area (Å²) in [6.07, 6.45) is 3.19. The molecule has 18 heavy (non-hydrogen) atoms. The van der Waals surface area contributed by atoms with Crippen LogP contribution >= 0.6 is 0 Å². The molecule has 2 rings (SSSR count). The van der Waals surface area contributed by atoms with Crippen molar-refractivity contribution < 1.29 is 12.8 Å². The Balaban J connectivity index is 2.14. The molecule has 1 aliphatic carbocycles. The van der Waals surface area contributed by atoms with Crippen LogP contribution in [0, 0.1) is 11.7 Å². The van der Waals surface area contributed by atoms with Crippen molar-refractivity contribution in [1.29, 1.82) is 0 Å². The average molecular weight is 272 g/mol. The lowest BCUT2D eigenvalue weighted by Gasteiger charge is -2.10. The van der Waals surface area contributed by atoms with Crippen molar-refractivity contribution in [3.8, 4) is 0 Å². The quantitative estimate of drug-likeness (QED) is 0.821. The van der Waals surface area contributed by atoms with E-state index < -0.39 is 15.8 Å². The second-order valence-corrected chi connectivity index (χ2v) is 6.29. The molecule has 4 nitrogen and oxygen atoms in total. The maximum atomic E-state index is 13.5. The second-order valence-electron chi connectivity index (χ2n) is 4.55. The molecular weight excluding hydrogens is 255 g/mol. The van der Waals surface area contributed by atoms with Crippen molar-refractivity contribution in [1.82, 2.24) is 4.72 Å². The smallest absolute Gasteiger partial charge is 0.240 e. The Labute approximate surface area is 106 Å². The van der Waals surface area contributed by atoms with Gasteiger partial charge >= 0.3 is 0 Å². The van der Waals surface area contributed by atoms with Gasteiger partial charge in [0.25, 0.3) is 0 Å². The van der Waals surface area contributed by atoms with Crippen LogP contribution in [-0.4, -0.2) is 15.0 Å². The fourth-order valence-corrected chi connectivity index (χ4v) is 3.18. The van der Waals surface area contributed by atoms with Crippen LogP contribution in [0.1, 0.15) is 24.8 Å². The maximum absolute atomic E-state index is 13.5. The Morgan fingerprint density at radius 2 is 2.11 bits per heavy atom. The van der Waals surface area contributed by atoms with Crippen LogP contribution in [0.5, 0.6) is 0 Å². The third kappa shape index (κ3) is 3.07. The molecule has 0 amide bonds. The van der Waals surface area contributed by atoms with Crippen molar-refractivity contribution in [3.63, 3.8) is 0 Å². The van der Waals surface area contributed by atoms with E-state index in [0.29, 0.717) is 12.5 Å². The number of hydrogen-bond donors (Lipinski definition) is 2. The van der Waals surface area contributed by atoms with Crippen molar-refractivity contribution in [2.75, 3.05) is 6.54 Å². The zero-order valence-electron chi connectivity index (χ0n) is 10.0. The second kappa shape index (κ2) is 5.34. The Hall–Kier alpha value is -0.980. The van der Waals surface area contributed by atoms with Gasteiger partial charge in [0.1, 0.15) is 5.82 Å². The van der Waals surface area contributed by atoms with Crippen LogP contribution in [0.3, 0.4) is 0 Å². The van der Waals surface area contributed by atoms with Crippen LogP contribution in [0.15, 0.2) is 23.1 Å². The molecule has 3 N–H and O–H groups in total. The van der Waals surface area contributed by atoms with Crippen molar-refractivity contribution in [2.45, 2.75) is 30.7 Å². The molecule has 0 radical (unpaired) electrons. The highest BCUT2D eigenvalue weighted by Crippen LogP contribution is 2.31. The molecule has 0 unspecified atom stereocenters. The fourth-order valence-electron chi connectivity index (χ4n) is 1.87. The first-order chi connectivity index (χ1) is 8.54. The summed E-state index contributed by atoms with van der Waals surface area (Å²) >= 11 is 0. The zero-order chi connectivity index (χ0) is 13.2. The molecule has 0 bridgehead atoms. The van der Waals surface area contributed by atoms with Gasteiger partial charge in [0.15, 0.2) is 0 Å². The summed E-state index contributed by atoms with van der Waals surface area (Å²) in [6, 6.07) is 3.97. The number of rotatable bonds is 6. The van der Waals surface area contributed by atoms with Gasteiger partial charge in [0, 0.05) is 18.7 Å². The largest absolute Gasteiger partial charge is 0.326 e. The Bertz CT molecular complexity index is 527. The summed E-state index contributed by atoms with van der Waals surface area (Å²) in [5.41, 5.74) is 5.44. The lowest BCUT2D eigenvalue weighted by Crippen LogP contribution is -2.27. The molecule has 0 saturated heterocycles. The van der Waals surface area contributed by atoms with Gasteiger partial charge in [-0.15, -0.1) is 0 Å². The molecular formula is C12H17FN2O2S. The SMILES string of the molecule is NCc1c(F)cccc1S(=O)(=O)NCCC1CC1. The van der Waals surface area contributed by atoms with E-state index in [-0.39, 0.29) is 17.0 Å². The molecule has 1 aromatic rings. The zero-order valence-corrected chi connectivity index (χ0v) is 10.8. The lowest BCUT2D eigenvalue weighted by molar-refractivity contribution is 0.566. The Morgan fingerprint density at radius 1 is 1.39 bits per heavy atom.